The second-order valence-electron chi connectivity index (χ2n) is 3.19. The molecule has 0 aromatic heterocycles. The minimum atomic E-state index is -0.260. The van der Waals surface area contributed by atoms with Crippen molar-refractivity contribution in [1.29, 1.82) is 0 Å². The fourth-order valence-electron chi connectivity index (χ4n) is 1.28. The summed E-state index contributed by atoms with van der Waals surface area (Å²) in [6, 6.07) is 0. The maximum Gasteiger partial charge on any atom is 0.304 e. The molecule has 4 heteroatoms. The van der Waals surface area contributed by atoms with Gasteiger partial charge in [-0.05, 0) is 26.0 Å². The standard InChI is InChI=1S/C10H15NO2S/c1-7-5-4-6-9(11-7)10(14-3)13-8(2)12/h6,10H,4-5H2,1-3H3. The van der Waals surface area contributed by atoms with Crippen molar-refractivity contribution in [2.24, 2.45) is 4.99 Å². The first kappa shape index (κ1) is 11.3. The predicted molar refractivity (Wildman–Crippen MR) is 59.5 cm³/mol. The molecule has 0 amide bonds. The van der Waals surface area contributed by atoms with Crippen LogP contribution in [-0.2, 0) is 9.53 Å². The van der Waals surface area contributed by atoms with Gasteiger partial charge in [-0.2, -0.15) is 0 Å². The molecule has 1 aliphatic heterocycles. The van der Waals surface area contributed by atoms with Crippen LogP contribution in [0.2, 0.25) is 0 Å². The van der Waals surface area contributed by atoms with Crippen molar-refractivity contribution >= 4 is 23.4 Å². The van der Waals surface area contributed by atoms with Crippen LogP contribution in [0, 0.1) is 0 Å². The van der Waals surface area contributed by atoms with E-state index in [0.717, 1.165) is 24.3 Å². The lowest BCUT2D eigenvalue weighted by atomic mass is 10.1. The zero-order valence-corrected chi connectivity index (χ0v) is 9.56. The number of aliphatic imine (C=N–C) groups is 1. The molecule has 0 aromatic carbocycles. The quantitative estimate of drug-likeness (QED) is 0.533. The molecule has 0 aliphatic carbocycles. The summed E-state index contributed by atoms with van der Waals surface area (Å²) >= 11 is 1.49. The van der Waals surface area contributed by atoms with Gasteiger partial charge in [0.15, 0.2) is 5.44 Å². The summed E-state index contributed by atoms with van der Waals surface area (Å²) in [5, 5.41) is 0. The first-order valence-corrected chi connectivity index (χ1v) is 5.86. The molecule has 0 saturated heterocycles. The van der Waals surface area contributed by atoms with Crippen molar-refractivity contribution in [1.82, 2.24) is 0 Å². The van der Waals surface area contributed by atoms with E-state index in [-0.39, 0.29) is 11.4 Å². The molecule has 0 spiro atoms. The lowest BCUT2D eigenvalue weighted by molar-refractivity contribution is -0.141. The number of rotatable bonds is 3. The summed E-state index contributed by atoms with van der Waals surface area (Å²) in [5.74, 6) is -0.260. The first-order chi connectivity index (χ1) is 6.63. The van der Waals surface area contributed by atoms with Gasteiger partial charge in [0, 0.05) is 12.6 Å². The van der Waals surface area contributed by atoms with E-state index in [2.05, 4.69) is 4.99 Å². The van der Waals surface area contributed by atoms with E-state index >= 15 is 0 Å². The van der Waals surface area contributed by atoms with Gasteiger partial charge in [0.25, 0.3) is 0 Å². The topological polar surface area (TPSA) is 38.7 Å². The molecular formula is C10H15NO2S. The highest BCUT2D eigenvalue weighted by Crippen LogP contribution is 2.23. The largest absolute Gasteiger partial charge is 0.445 e. The average molecular weight is 213 g/mol. The molecule has 14 heavy (non-hydrogen) atoms. The number of nitrogens with zero attached hydrogens (tertiary/aromatic N) is 1. The first-order valence-electron chi connectivity index (χ1n) is 4.57. The number of ether oxygens (including phenoxy) is 1. The Morgan fingerprint density at radius 3 is 2.93 bits per heavy atom. The molecule has 1 atom stereocenters. The summed E-state index contributed by atoms with van der Waals surface area (Å²) < 4.78 is 5.14. The third-order valence-electron chi connectivity index (χ3n) is 1.91. The molecular weight excluding hydrogens is 198 g/mol. The number of esters is 1. The summed E-state index contributed by atoms with van der Waals surface area (Å²) in [7, 11) is 0. The minimum absolute atomic E-state index is 0.247. The van der Waals surface area contributed by atoms with Gasteiger partial charge in [0.2, 0.25) is 0 Å². The van der Waals surface area contributed by atoms with Crippen LogP contribution in [0.4, 0.5) is 0 Å². The van der Waals surface area contributed by atoms with Crippen LogP contribution in [0.25, 0.3) is 0 Å². The van der Waals surface area contributed by atoms with Crippen LogP contribution in [0.15, 0.2) is 16.8 Å². The third-order valence-corrected chi connectivity index (χ3v) is 2.67. The maximum absolute atomic E-state index is 10.8. The van der Waals surface area contributed by atoms with E-state index in [4.69, 9.17) is 4.74 Å². The lowest BCUT2D eigenvalue weighted by Gasteiger charge is -2.18. The van der Waals surface area contributed by atoms with Gasteiger partial charge in [0.1, 0.15) is 0 Å². The number of hydrogen-bond acceptors (Lipinski definition) is 4. The molecule has 78 valence electrons. The summed E-state index contributed by atoms with van der Waals surface area (Å²) in [6.45, 7) is 3.42. The molecule has 1 rings (SSSR count). The summed E-state index contributed by atoms with van der Waals surface area (Å²) in [4.78, 5) is 15.2. The van der Waals surface area contributed by atoms with Crippen LogP contribution in [0.5, 0.6) is 0 Å². The number of allylic oxidation sites excluding steroid dienone is 1. The van der Waals surface area contributed by atoms with E-state index in [1.807, 2.05) is 19.3 Å². The Morgan fingerprint density at radius 1 is 1.71 bits per heavy atom. The zero-order valence-electron chi connectivity index (χ0n) is 8.74. The van der Waals surface area contributed by atoms with E-state index in [1.165, 1.54) is 18.7 Å². The Labute approximate surface area is 88.6 Å². The van der Waals surface area contributed by atoms with Crippen molar-refractivity contribution in [3.05, 3.63) is 11.8 Å². The Hall–Kier alpha value is -0.770. The van der Waals surface area contributed by atoms with Gasteiger partial charge in [0.05, 0.1) is 5.70 Å². The molecule has 0 aromatic rings. The lowest BCUT2D eigenvalue weighted by Crippen LogP contribution is -2.16. The monoisotopic (exact) mass is 213 g/mol. The smallest absolute Gasteiger partial charge is 0.304 e. The van der Waals surface area contributed by atoms with Gasteiger partial charge in [-0.25, -0.2) is 0 Å². The SMILES string of the molecule is CSC(OC(C)=O)C1=CCCC(C)=N1. The molecule has 0 fully saturated rings. The molecule has 0 bridgehead atoms. The van der Waals surface area contributed by atoms with Gasteiger partial charge in [-0.3, -0.25) is 9.79 Å². The van der Waals surface area contributed by atoms with Crippen LogP contribution in [0.1, 0.15) is 26.7 Å². The van der Waals surface area contributed by atoms with Gasteiger partial charge >= 0.3 is 5.97 Å². The highest BCUT2D eigenvalue weighted by atomic mass is 32.2. The van der Waals surface area contributed by atoms with Crippen LogP contribution in [-0.4, -0.2) is 23.4 Å². The maximum atomic E-state index is 10.8. The Kier molecular flexibility index (Phi) is 4.20. The van der Waals surface area contributed by atoms with Crippen LogP contribution in [0.3, 0.4) is 0 Å². The second kappa shape index (κ2) is 5.20. The van der Waals surface area contributed by atoms with Crippen molar-refractivity contribution in [3.8, 4) is 0 Å². The van der Waals surface area contributed by atoms with E-state index in [0.29, 0.717) is 0 Å². The Morgan fingerprint density at radius 2 is 2.43 bits per heavy atom. The second-order valence-corrected chi connectivity index (χ2v) is 4.09. The highest BCUT2D eigenvalue weighted by molar-refractivity contribution is 7.99. The number of hydrogen-bond donors (Lipinski definition) is 0. The van der Waals surface area contributed by atoms with Crippen molar-refractivity contribution in [2.45, 2.75) is 32.1 Å². The fraction of sp³-hybridized carbons (Fsp3) is 0.600. The van der Waals surface area contributed by atoms with Gasteiger partial charge in [-0.15, -0.1) is 11.8 Å². The van der Waals surface area contributed by atoms with Crippen LogP contribution < -0.4 is 0 Å². The van der Waals surface area contributed by atoms with E-state index in [9.17, 15) is 4.79 Å². The normalized spacial score (nSPS) is 18.2. The summed E-state index contributed by atoms with van der Waals surface area (Å²) in [6.07, 6.45) is 5.94. The van der Waals surface area contributed by atoms with E-state index < -0.39 is 0 Å². The highest BCUT2D eigenvalue weighted by Gasteiger charge is 2.17. The zero-order chi connectivity index (χ0) is 10.6. The molecule has 0 radical (unpaired) electrons. The predicted octanol–water partition coefficient (Wildman–Crippen LogP) is 2.38. The van der Waals surface area contributed by atoms with Crippen LogP contribution >= 0.6 is 11.8 Å². The molecule has 1 aliphatic rings. The molecule has 3 nitrogen and oxygen atoms in total. The van der Waals surface area contributed by atoms with E-state index in [1.54, 1.807) is 0 Å². The van der Waals surface area contributed by atoms with Gasteiger partial charge in [-0.1, -0.05) is 6.08 Å². The summed E-state index contributed by atoms with van der Waals surface area (Å²) in [5.41, 5.74) is 1.73. The molecule has 0 saturated carbocycles. The fourth-order valence-corrected chi connectivity index (χ4v) is 1.90. The minimum Gasteiger partial charge on any atom is -0.445 e. The Balaban J connectivity index is 2.69. The van der Waals surface area contributed by atoms with Crippen molar-refractivity contribution in [2.75, 3.05) is 6.26 Å². The number of carbonyl (C=O) groups excluding carboxylic acids is 1. The number of thioether (sulfide) groups is 1. The van der Waals surface area contributed by atoms with Crippen molar-refractivity contribution in [3.63, 3.8) is 0 Å². The average Bonchev–Trinajstić information content (AvgIpc) is 2.14. The number of carbonyl (C=O) groups is 1. The Bertz CT molecular complexity index is 284. The molecule has 1 heterocycles. The van der Waals surface area contributed by atoms with Gasteiger partial charge < -0.3 is 4.74 Å². The molecule has 0 N–H and O–H groups in total. The third kappa shape index (κ3) is 3.18. The van der Waals surface area contributed by atoms with Crippen molar-refractivity contribution < 1.29 is 9.53 Å². The molecule has 1 unspecified atom stereocenters.